The second-order valence-corrected chi connectivity index (χ2v) is 32.8. The van der Waals surface area contributed by atoms with E-state index in [1.165, 1.54) is 88.2 Å². The molecule has 0 spiro atoms. The summed E-state index contributed by atoms with van der Waals surface area (Å²) in [6.07, 6.45) is 4.45. The fourth-order valence-electron chi connectivity index (χ4n) is 20.2. The van der Waals surface area contributed by atoms with Crippen molar-refractivity contribution in [3.8, 4) is 112 Å². The van der Waals surface area contributed by atoms with Crippen molar-refractivity contribution in [2.45, 2.75) is 17.9 Å². The molecule has 1 atom stereocenters. The number of rotatable bonds is 15. The predicted octanol–water partition coefficient (Wildman–Crippen LogP) is 29.5. The Kier molecular flexibility index (Phi) is 17.5. The predicted molar refractivity (Wildman–Crippen MR) is 518 cm³/mol. The first-order valence-electron chi connectivity index (χ1n) is 42.9. The van der Waals surface area contributed by atoms with Gasteiger partial charge in [-0.25, -0.2) is 15.0 Å². The molecule has 24 rings (SSSR count). The third-order valence-corrected chi connectivity index (χ3v) is 25.9. The van der Waals surface area contributed by atoms with Crippen molar-refractivity contribution in [2.24, 2.45) is 9.98 Å². The minimum atomic E-state index is -0.605. The number of hydrogen-bond acceptors (Lipinski definition) is 5. The summed E-state index contributed by atoms with van der Waals surface area (Å²) < 4.78 is 4.87. The molecule has 0 saturated heterocycles. The van der Waals surface area contributed by atoms with Crippen molar-refractivity contribution in [3.63, 3.8) is 0 Å². The quantitative estimate of drug-likeness (QED) is 0.103. The van der Waals surface area contributed by atoms with Gasteiger partial charge in [0, 0.05) is 79.3 Å². The van der Waals surface area contributed by atoms with Gasteiger partial charge in [0.2, 0.25) is 0 Å². The number of hydrogen-bond donors (Lipinski definition) is 0. The molecule has 1 aliphatic heterocycles. The third kappa shape index (κ3) is 12.3. The molecular weight excluding hydrogens is 1520 g/mol. The summed E-state index contributed by atoms with van der Waals surface area (Å²) in [5, 5.41) is 9.39. The molecule has 584 valence electrons. The van der Waals surface area contributed by atoms with Crippen molar-refractivity contribution < 1.29 is 0 Å². The molecular formula is C118H77N7. The first-order chi connectivity index (χ1) is 62.0. The van der Waals surface area contributed by atoms with Crippen LogP contribution < -0.4 is 0 Å². The van der Waals surface area contributed by atoms with Crippen LogP contribution in [0.5, 0.6) is 0 Å². The fraction of sp³-hybridized carbons (Fsp3) is 0.0254. The van der Waals surface area contributed by atoms with Crippen LogP contribution in [0.1, 0.15) is 51.4 Å². The topological polar surface area (TPSA) is 73.2 Å². The fourth-order valence-corrected chi connectivity index (χ4v) is 20.2. The lowest BCUT2D eigenvalue weighted by Crippen LogP contribution is -2.29. The highest BCUT2D eigenvalue weighted by Crippen LogP contribution is 2.57. The molecule has 1 unspecified atom stereocenters. The Bertz CT molecular complexity index is 7920. The highest BCUT2D eigenvalue weighted by molar-refractivity contribution is 6.17. The molecule has 0 amide bonds. The molecule has 7 heteroatoms. The highest BCUT2D eigenvalue weighted by Gasteiger charge is 2.46. The van der Waals surface area contributed by atoms with E-state index in [1.807, 2.05) is 18.5 Å². The van der Waals surface area contributed by atoms with Crippen LogP contribution in [-0.4, -0.2) is 35.6 Å². The maximum Gasteiger partial charge on any atom is 0.160 e. The Morgan fingerprint density at radius 1 is 0.264 bits per heavy atom. The monoisotopic (exact) mass is 1590 g/mol. The van der Waals surface area contributed by atoms with E-state index >= 15 is 0 Å². The van der Waals surface area contributed by atoms with E-state index in [-0.39, 0.29) is 6.04 Å². The summed E-state index contributed by atoms with van der Waals surface area (Å²) in [6.45, 7) is 0. The Morgan fingerprint density at radius 2 is 0.760 bits per heavy atom. The van der Waals surface area contributed by atoms with Gasteiger partial charge in [0.15, 0.2) is 11.7 Å². The van der Waals surface area contributed by atoms with Crippen molar-refractivity contribution >= 4 is 76.7 Å². The van der Waals surface area contributed by atoms with Crippen molar-refractivity contribution in [2.75, 3.05) is 0 Å². The van der Waals surface area contributed by atoms with E-state index in [9.17, 15) is 0 Å². The summed E-state index contributed by atoms with van der Waals surface area (Å²) in [7, 11) is 0. The van der Waals surface area contributed by atoms with Crippen LogP contribution in [0.3, 0.4) is 0 Å². The molecule has 2 aliphatic rings. The Morgan fingerprint density at radius 3 is 1.43 bits per heavy atom. The zero-order valence-corrected chi connectivity index (χ0v) is 68.1. The van der Waals surface area contributed by atoms with E-state index in [0.717, 1.165) is 128 Å². The maximum absolute atomic E-state index is 5.86. The minimum Gasteiger partial charge on any atom is -0.309 e. The number of aromatic nitrogens is 5. The Hall–Kier alpha value is -16.4. The number of pyridine rings is 1. The average Bonchev–Trinajstić information content (AvgIpc) is 1.54. The van der Waals surface area contributed by atoms with Crippen molar-refractivity contribution in [1.29, 1.82) is 0 Å². The number of benzene rings is 18. The standard InChI is InChI=1S/C118H77N7/c1-6-28-76(29-7-1)81-57-63-114-102(70-81)103-71-82(77-30-8-2-9-31-77)58-64-115(103)125(114)113-65-62-98(94-44-18-19-46-99(94)113)110-74-108(86-56-59-96-95-45-20-23-49-105(95)118(106(96)72-86,87-37-12-4-13-38-87)88-39-14-5-15-40-88)121-117(123-110)80-54-52-78(53-55-80)91-66-67-119-75-104(91)83-34-26-36-85(68-83)107-73-109(122-116(120-107)79-32-10-3-11-33-79)97-61-60-90(92-42-16-17-43-93(92)97)84-35-27-41-89(69-84)124-111-50-24-21-47-100(111)101-48-22-25-51-112(101)124/h1-73,75,110H,74H2. The zero-order chi connectivity index (χ0) is 82.5. The van der Waals surface area contributed by atoms with E-state index in [4.69, 9.17) is 24.9 Å². The molecule has 4 aromatic heterocycles. The molecule has 7 nitrogen and oxygen atoms in total. The molecule has 22 aromatic rings. The van der Waals surface area contributed by atoms with Crippen molar-refractivity contribution in [1.82, 2.24) is 24.1 Å². The second kappa shape index (κ2) is 30.1. The molecule has 125 heavy (non-hydrogen) atoms. The largest absolute Gasteiger partial charge is 0.309 e. The number of fused-ring (bicyclic) bond motifs is 11. The number of nitrogens with zero attached hydrogens (tertiary/aromatic N) is 7. The van der Waals surface area contributed by atoms with Gasteiger partial charge in [0.05, 0.1) is 56.3 Å². The van der Waals surface area contributed by atoms with Crippen LogP contribution in [0.2, 0.25) is 0 Å². The second-order valence-electron chi connectivity index (χ2n) is 32.8. The van der Waals surface area contributed by atoms with Gasteiger partial charge < -0.3 is 9.13 Å². The molecule has 0 fully saturated rings. The molecule has 0 bridgehead atoms. The number of aliphatic imine (C=N–C) groups is 2. The number of amidine groups is 1. The van der Waals surface area contributed by atoms with Crippen LogP contribution in [0, 0.1) is 0 Å². The lowest BCUT2D eigenvalue weighted by atomic mass is 9.67. The van der Waals surface area contributed by atoms with Crippen LogP contribution in [0.15, 0.2) is 459 Å². The van der Waals surface area contributed by atoms with E-state index in [1.54, 1.807) is 0 Å². The third-order valence-electron chi connectivity index (χ3n) is 25.9. The van der Waals surface area contributed by atoms with Gasteiger partial charge in [-0.2, -0.15) is 0 Å². The molecule has 1 aliphatic carbocycles. The van der Waals surface area contributed by atoms with Crippen LogP contribution in [-0.2, 0) is 5.41 Å². The van der Waals surface area contributed by atoms with Gasteiger partial charge in [0.1, 0.15) is 0 Å². The van der Waals surface area contributed by atoms with Crippen LogP contribution in [0.4, 0.5) is 0 Å². The molecule has 0 radical (unpaired) electrons. The summed E-state index contributed by atoms with van der Waals surface area (Å²) in [6, 6.07) is 159. The first kappa shape index (κ1) is 72.6. The van der Waals surface area contributed by atoms with Crippen molar-refractivity contribution in [3.05, 3.63) is 488 Å². The van der Waals surface area contributed by atoms with Gasteiger partial charge in [-0.15, -0.1) is 0 Å². The highest BCUT2D eigenvalue weighted by atomic mass is 15.0. The van der Waals surface area contributed by atoms with Gasteiger partial charge in [-0.1, -0.05) is 358 Å². The summed E-state index contributed by atoms with van der Waals surface area (Å²) >= 11 is 0. The van der Waals surface area contributed by atoms with Gasteiger partial charge in [-0.3, -0.25) is 9.98 Å². The SMILES string of the molecule is c1ccc(-c2ccc3c(c2)c2cc(-c4ccccc4)ccc2n3-c2ccc(C3CC(c4ccc5c(c4)C(c4ccccc4)(c4ccccc4)c4ccccc4-5)=NC(c4ccc(-c5ccncc5-c5cccc(-c6cc(-c7ccc(-c8cccc(-n9c%10ccccc%10c%10ccccc%109)c8)c8ccccc78)nc(-c7ccccc7)n6)c5)cc4)=N3)c3ccccc23)cc1. The van der Waals surface area contributed by atoms with E-state index < -0.39 is 5.41 Å². The first-order valence-corrected chi connectivity index (χ1v) is 42.9. The Balaban J connectivity index is 0.612. The summed E-state index contributed by atoms with van der Waals surface area (Å²) in [5.41, 5.74) is 33.4. The summed E-state index contributed by atoms with van der Waals surface area (Å²) in [5.74, 6) is 1.32. The summed E-state index contributed by atoms with van der Waals surface area (Å²) in [4.78, 5) is 27.3. The molecule has 5 heterocycles. The van der Waals surface area contributed by atoms with E-state index in [0.29, 0.717) is 18.1 Å². The van der Waals surface area contributed by atoms with E-state index in [2.05, 4.69) is 440 Å². The average molecular weight is 1590 g/mol. The van der Waals surface area contributed by atoms with Crippen LogP contribution in [0.25, 0.3) is 177 Å². The van der Waals surface area contributed by atoms with Gasteiger partial charge in [-0.05, 0) is 190 Å². The van der Waals surface area contributed by atoms with Gasteiger partial charge >= 0.3 is 0 Å². The number of para-hydroxylation sites is 2. The molecule has 0 N–H and O–H groups in total. The zero-order valence-electron chi connectivity index (χ0n) is 68.1. The molecule has 18 aromatic carbocycles. The smallest absolute Gasteiger partial charge is 0.160 e. The lowest BCUT2D eigenvalue weighted by molar-refractivity contribution is 0.757. The maximum atomic E-state index is 5.86. The van der Waals surface area contributed by atoms with Gasteiger partial charge in [0.25, 0.3) is 0 Å². The minimum absolute atomic E-state index is 0.323. The molecule has 0 saturated carbocycles. The lowest BCUT2D eigenvalue weighted by Gasteiger charge is -2.34. The van der Waals surface area contributed by atoms with Crippen LogP contribution >= 0.6 is 0 Å². The normalized spacial score (nSPS) is 13.5. The Labute approximate surface area is 723 Å².